The van der Waals surface area contributed by atoms with E-state index < -0.39 is 0 Å². The smallest absolute Gasteiger partial charge is 0.0949 e. The average molecular weight is 198 g/mol. The molecule has 3 rings (SSSR count). The zero-order valence-electron chi connectivity index (χ0n) is 8.09. The summed E-state index contributed by atoms with van der Waals surface area (Å²) in [5.74, 6) is 0. The summed E-state index contributed by atoms with van der Waals surface area (Å²) in [5, 5.41) is 0. The lowest BCUT2D eigenvalue weighted by atomic mass is 10.2. The van der Waals surface area contributed by atoms with Crippen LogP contribution in [0.5, 0.6) is 0 Å². The van der Waals surface area contributed by atoms with Gasteiger partial charge in [0, 0.05) is 18.9 Å². The van der Waals surface area contributed by atoms with Crippen LogP contribution in [0, 0.1) is 0 Å². The van der Waals surface area contributed by atoms with Gasteiger partial charge >= 0.3 is 0 Å². The largest absolute Gasteiger partial charge is 0.345 e. The normalized spacial score (nSPS) is 10.9. The Hall–Kier alpha value is -2.10. The van der Waals surface area contributed by atoms with Crippen LogP contribution in [0.3, 0.4) is 0 Å². The molecule has 0 bridgehead atoms. The van der Waals surface area contributed by atoms with E-state index in [9.17, 15) is 0 Å². The quantitative estimate of drug-likeness (QED) is 0.682. The van der Waals surface area contributed by atoms with Crippen molar-refractivity contribution in [1.29, 1.82) is 0 Å². The number of hydrogen-bond donors (Lipinski definition) is 1. The van der Waals surface area contributed by atoms with Gasteiger partial charge in [-0.2, -0.15) is 0 Å². The van der Waals surface area contributed by atoms with Crippen molar-refractivity contribution >= 4 is 11.0 Å². The molecule has 0 atom stereocenters. The van der Waals surface area contributed by atoms with Gasteiger partial charge in [0.05, 0.1) is 23.7 Å². The van der Waals surface area contributed by atoms with Crippen LogP contribution in [0.4, 0.5) is 0 Å². The number of benzene rings is 1. The minimum Gasteiger partial charge on any atom is -0.345 e. The Morgan fingerprint density at radius 2 is 2.33 bits per heavy atom. The maximum Gasteiger partial charge on any atom is 0.0949 e. The number of imidazole rings is 2. The molecule has 2 aromatic heterocycles. The van der Waals surface area contributed by atoms with Crippen molar-refractivity contribution in [2.75, 3.05) is 0 Å². The SMILES string of the molecule is c1cn(Cc2ccc3nc[nH]c3c2)cn1. The summed E-state index contributed by atoms with van der Waals surface area (Å²) in [6.07, 6.45) is 7.27. The lowest BCUT2D eigenvalue weighted by molar-refractivity contribution is 0.798. The number of aromatic nitrogens is 4. The second-order valence-corrected chi connectivity index (χ2v) is 3.49. The predicted octanol–water partition coefficient (Wildman–Crippen LogP) is 1.81. The zero-order chi connectivity index (χ0) is 10.1. The molecule has 0 unspecified atom stereocenters. The van der Waals surface area contributed by atoms with Gasteiger partial charge in [0.15, 0.2) is 0 Å². The van der Waals surface area contributed by atoms with Crippen molar-refractivity contribution < 1.29 is 0 Å². The van der Waals surface area contributed by atoms with E-state index in [2.05, 4.69) is 27.1 Å². The standard InChI is InChI=1S/C11H10N4/c1-2-10-11(14-7-13-10)5-9(1)6-15-4-3-12-8-15/h1-5,7-8H,6H2,(H,13,14). The molecule has 2 heterocycles. The molecule has 0 aliphatic rings. The number of H-pyrrole nitrogens is 1. The van der Waals surface area contributed by atoms with Crippen LogP contribution in [0.2, 0.25) is 0 Å². The maximum atomic E-state index is 4.18. The number of fused-ring (bicyclic) bond motifs is 1. The highest BCUT2D eigenvalue weighted by Gasteiger charge is 1.98. The minimum atomic E-state index is 0.842. The molecular formula is C11H10N4. The second kappa shape index (κ2) is 3.24. The maximum absolute atomic E-state index is 4.18. The Morgan fingerprint density at radius 1 is 1.33 bits per heavy atom. The molecule has 4 heteroatoms. The third kappa shape index (κ3) is 1.50. The molecule has 1 aromatic carbocycles. The summed E-state index contributed by atoms with van der Waals surface area (Å²) in [6, 6.07) is 6.23. The fourth-order valence-corrected chi connectivity index (χ4v) is 1.67. The summed E-state index contributed by atoms with van der Waals surface area (Å²) in [6.45, 7) is 0.842. The first-order valence-corrected chi connectivity index (χ1v) is 4.79. The van der Waals surface area contributed by atoms with Gasteiger partial charge in [-0.25, -0.2) is 9.97 Å². The first-order chi connectivity index (χ1) is 7.42. The number of aromatic amines is 1. The van der Waals surface area contributed by atoms with Crippen LogP contribution >= 0.6 is 0 Å². The molecule has 0 aliphatic carbocycles. The Kier molecular flexibility index (Phi) is 1.78. The van der Waals surface area contributed by atoms with Crippen LogP contribution in [0.1, 0.15) is 5.56 Å². The van der Waals surface area contributed by atoms with E-state index in [-0.39, 0.29) is 0 Å². The van der Waals surface area contributed by atoms with Gasteiger partial charge < -0.3 is 9.55 Å². The molecule has 0 aliphatic heterocycles. The van der Waals surface area contributed by atoms with E-state index in [1.54, 1.807) is 12.5 Å². The molecular weight excluding hydrogens is 188 g/mol. The molecule has 3 aromatic rings. The Labute approximate surface area is 86.6 Å². The van der Waals surface area contributed by atoms with Gasteiger partial charge in [0.2, 0.25) is 0 Å². The third-order valence-corrected chi connectivity index (χ3v) is 2.41. The monoisotopic (exact) mass is 198 g/mol. The molecule has 4 nitrogen and oxygen atoms in total. The first kappa shape index (κ1) is 8.23. The lowest BCUT2D eigenvalue weighted by Crippen LogP contribution is -1.95. The summed E-state index contributed by atoms with van der Waals surface area (Å²) in [5.41, 5.74) is 3.32. The van der Waals surface area contributed by atoms with Gasteiger partial charge in [0.25, 0.3) is 0 Å². The predicted molar refractivity (Wildman–Crippen MR) is 57.4 cm³/mol. The molecule has 0 saturated heterocycles. The average Bonchev–Trinajstić information content (AvgIpc) is 2.87. The van der Waals surface area contributed by atoms with E-state index in [1.807, 2.05) is 23.2 Å². The number of rotatable bonds is 2. The minimum absolute atomic E-state index is 0.842. The third-order valence-electron chi connectivity index (χ3n) is 2.41. The molecule has 15 heavy (non-hydrogen) atoms. The fourth-order valence-electron chi connectivity index (χ4n) is 1.67. The Morgan fingerprint density at radius 3 is 3.20 bits per heavy atom. The van der Waals surface area contributed by atoms with E-state index in [1.165, 1.54) is 5.56 Å². The first-order valence-electron chi connectivity index (χ1n) is 4.79. The molecule has 0 spiro atoms. The van der Waals surface area contributed by atoms with Crippen molar-refractivity contribution in [1.82, 2.24) is 19.5 Å². The summed E-state index contributed by atoms with van der Waals surface area (Å²) >= 11 is 0. The van der Waals surface area contributed by atoms with Crippen LogP contribution < -0.4 is 0 Å². The van der Waals surface area contributed by atoms with Crippen LogP contribution in [-0.4, -0.2) is 19.5 Å². The number of nitrogens with one attached hydrogen (secondary N) is 1. The van der Waals surface area contributed by atoms with E-state index in [0.717, 1.165) is 17.6 Å². The number of nitrogens with zero attached hydrogens (tertiary/aromatic N) is 3. The summed E-state index contributed by atoms with van der Waals surface area (Å²) in [4.78, 5) is 11.3. The molecule has 0 radical (unpaired) electrons. The van der Waals surface area contributed by atoms with Crippen molar-refractivity contribution in [3.05, 3.63) is 48.8 Å². The van der Waals surface area contributed by atoms with Crippen LogP contribution in [-0.2, 0) is 6.54 Å². The van der Waals surface area contributed by atoms with Gasteiger partial charge in [-0.15, -0.1) is 0 Å². The summed E-state index contributed by atoms with van der Waals surface area (Å²) < 4.78 is 2.04. The van der Waals surface area contributed by atoms with Crippen molar-refractivity contribution in [3.63, 3.8) is 0 Å². The van der Waals surface area contributed by atoms with Gasteiger partial charge in [-0.3, -0.25) is 0 Å². The van der Waals surface area contributed by atoms with Gasteiger partial charge in [-0.1, -0.05) is 6.07 Å². The number of hydrogen-bond acceptors (Lipinski definition) is 2. The van der Waals surface area contributed by atoms with Crippen molar-refractivity contribution in [2.24, 2.45) is 0 Å². The molecule has 0 fully saturated rings. The van der Waals surface area contributed by atoms with Crippen molar-refractivity contribution in [3.8, 4) is 0 Å². The summed E-state index contributed by atoms with van der Waals surface area (Å²) in [7, 11) is 0. The lowest BCUT2D eigenvalue weighted by Gasteiger charge is -2.01. The fraction of sp³-hybridized carbons (Fsp3) is 0.0909. The van der Waals surface area contributed by atoms with E-state index in [0.29, 0.717) is 0 Å². The highest BCUT2D eigenvalue weighted by Crippen LogP contribution is 2.12. The Balaban J connectivity index is 1.97. The molecule has 0 saturated carbocycles. The highest BCUT2D eigenvalue weighted by atomic mass is 15.0. The van der Waals surface area contributed by atoms with E-state index >= 15 is 0 Å². The van der Waals surface area contributed by atoms with Gasteiger partial charge in [-0.05, 0) is 17.7 Å². The molecule has 74 valence electrons. The topological polar surface area (TPSA) is 46.5 Å². The molecule has 1 N–H and O–H groups in total. The van der Waals surface area contributed by atoms with E-state index in [4.69, 9.17) is 0 Å². The van der Waals surface area contributed by atoms with Crippen LogP contribution in [0.15, 0.2) is 43.2 Å². The highest BCUT2D eigenvalue weighted by molar-refractivity contribution is 5.74. The Bertz CT molecular complexity index is 565. The van der Waals surface area contributed by atoms with Crippen molar-refractivity contribution in [2.45, 2.75) is 6.54 Å². The zero-order valence-corrected chi connectivity index (χ0v) is 8.09. The molecule has 0 amide bonds. The van der Waals surface area contributed by atoms with Crippen LogP contribution in [0.25, 0.3) is 11.0 Å². The second-order valence-electron chi connectivity index (χ2n) is 3.49. The van der Waals surface area contributed by atoms with Gasteiger partial charge in [0.1, 0.15) is 0 Å².